The van der Waals surface area contributed by atoms with Crippen LogP contribution >= 0.6 is 0 Å². The normalized spacial score (nSPS) is 11.5. The first kappa shape index (κ1) is 19.9. The molecule has 2 aromatic rings. The molecule has 2 aromatic carbocycles. The van der Waals surface area contributed by atoms with E-state index in [0.717, 1.165) is 5.56 Å². The molecule has 0 heterocycles. The van der Waals surface area contributed by atoms with Crippen molar-refractivity contribution in [3.8, 4) is 5.75 Å². The summed E-state index contributed by atoms with van der Waals surface area (Å²) in [6.07, 6.45) is 0.793. The molecule has 0 aliphatic heterocycles. The van der Waals surface area contributed by atoms with Gasteiger partial charge in [0.25, 0.3) is 0 Å². The third-order valence-corrected chi connectivity index (χ3v) is 6.11. The summed E-state index contributed by atoms with van der Waals surface area (Å²) in [4.78, 5) is 12.2. The molecule has 2 N–H and O–H groups in total. The Balaban J connectivity index is 2.13. The van der Waals surface area contributed by atoms with Crippen molar-refractivity contribution in [2.75, 3.05) is 18.4 Å². The highest BCUT2D eigenvalue weighted by atomic mass is 32.2. The summed E-state index contributed by atoms with van der Waals surface area (Å²) in [5.41, 5.74) is 1.13. The second-order valence-electron chi connectivity index (χ2n) is 5.80. The molecule has 0 aliphatic rings. The van der Waals surface area contributed by atoms with E-state index in [0.29, 0.717) is 19.5 Å². The fourth-order valence-corrected chi connectivity index (χ4v) is 4.09. The van der Waals surface area contributed by atoms with Crippen LogP contribution in [-0.4, -0.2) is 36.8 Å². The number of hydrogen-bond acceptors (Lipinski definition) is 4. The van der Waals surface area contributed by atoms with Crippen LogP contribution in [0.15, 0.2) is 53.4 Å². The molecule has 0 saturated heterocycles. The van der Waals surface area contributed by atoms with Crippen LogP contribution in [0.3, 0.4) is 0 Å². The smallest absolute Gasteiger partial charge is 0.243 e. The molecule has 0 unspecified atom stereocenters. The molecule has 0 fully saturated rings. The Bertz CT molecular complexity index is 847. The van der Waals surface area contributed by atoms with Gasteiger partial charge in [-0.1, -0.05) is 44.2 Å². The lowest BCUT2D eigenvalue weighted by Gasteiger charge is -2.19. The number of sulfonamides is 1. The van der Waals surface area contributed by atoms with Crippen LogP contribution in [0.4, 0.5) is 5.69 Å². The van der Waals surface area contributed by atoms with Crippen LogP contribution in [0, 0.1) is 0 Å². The average molecular weight is 376 g/mol. The zero-order valence-corrected chi connectivity index (χ0v) is 15.8. The lowest BCUT2D eigenvalue weighted by molar-refractivity contribution is -0.116. The minimum absolute atomic E-state index is 0.0392. The highest BCUT2D eigenvalue weighted by Crippen LogP contribution is 2.28. The van der Waals surface area contributed by atoms with Crippen LogP contribution in [0.5, 0.6) is 5.75 Å². The molecule has 0 atom stereocenters. The van der Waals surface area contributed by atoms with Crippen LogP contribution in [0.1, 0.15) is 25.8 Å². The highest BCUT2D eigenvalue weighted by Gasteiger charge is 2.23. The number of amides is 1. The number of carbonyl (C=O) groups is 1. The van der Waals surface area contributed by atoms with Gasteiger partial charge in [0.05, 0.1) is 10.6 Å². The summed E-state index contributed by atoms with van der Waals surface area (Å²) < 4.78 is 26.5. The molecule has 7 heteroatoms. The van der Waals surface area contributed by atoms with E-state index in [2.05, 4.69) is 5.32 Å². The highest BCUT2D eigenvalue weighted by molar-refractivity contribution is 7.89. The Morgan fingerprint density at radius 2 is 1.73 bits per heavy atom. The summed E-state index contributed by atoms with van der Waals surface area (Å²) >= 11 is 0. The minimum Gasteiger partial charge on any atom is -0.506 e. The number of phenols is 1. The van der Waals surface area contributed by atoms with Gasteiger partial charge >= 0.3 is 0 Å². The maximum atomic E-state index is 12.6. The molecule has 140 valence electrons. The number of carbonyl (C=O) groups excluding carboxylic acids is 1. The first-order valence-corrected chi connectivity index (χ1v) is 9.99. The number of benzene rings is 2. The molecule has 0 aromatic heterocycles. The number of hydrogen-bond donors (Lipinski definition) is 2. The third-order valence-electron chi connectivity index (χ3n) is 4.07. The Morgan fingerprint density at radius 1 is 1.08 bits per heavy atom. The number of rotatable bonds is 8. The number of nitrogens with one attached hydrogen (secondary N) is 1. The fourth-order valence-electron chi connectivity index (χ4n) is 2.60. The van der Waals surface area contributed by atoms with Gasteiger partial charge in [-0.2, -0.15) is 4.31 Å². The molecule has 26 heavy (non-hydrogen) atoms. The molecule has 0 bridgehead atoms. The number of aromatic hydroxyl groups is 1. The largest absolute Gasteiger partial charge is 0.506 e. The van der Waals surface area contributed by atoms with E-state index in [4.69, 9.17) is 0 Å². The van der Waals surface area contributed by atoms with Crippen molar-refractivity contribution in [2.45, 2.75) is 31.6 Å². The van der Waals surface area contributed by atoms with Gasteiger partial charge in [0.15, 0.2) is 0 Å². The van der Waals surface area contributed by atoms with Gasteiger partial charge < -0.3 is 10.4 Å². The van der Waals surface area contributed by atoms with Crippen LogP contribution in [-0.2, 0) is 21.2 Å². The summed E-state index contributed by atoms with van der Waals surface area (Å²) in [5, 5.41) is 12.6. The molecular weight excluding hydrogens is 352 g/mol. The number of anilines is 1. The van der Waals surface area contributed by atoms with E-state index in [-0.39, 0.29) is 28.7 Å². The third kappa shape index (κ3) is 4.83. The van der Waals surface area contributed by atoms with E-state index in [1.165, 1.54) is 22.5 Å². The number of phenolic OH excluding ortho intramolecular Hbond substituents is 1. The van der Waals surface area contributed by atoms with Crippen molar-refractivity contribution in [1.82, 2.24) is 4.31 Å². The van der Waals surface area contributed by atoms with Gasteiger partial charge in [0, 0.05) is 19.5 Å². The van der Waals surface area contributed by atoms with Crippen molar-refractivity contribution in [2.24, 2.45) is 0 Å². The van der Waals surface area contributed by atoms with Crippen LogP contribution in [0.2, 0.25) is 0 Å². The lowest BCUT2D eigenvalue weighted by atomic mass is 10.1. The first-order valence-electron chi connectivity index (χ1n) is 8.55. The molecular formula is C19H24N2O4S. The van der Waals surface area contributed by atoms with Gasteiger partial charge in [0.1, 0.15) is 5.75 Å². The summed E-state index contributed by atoms with van der Waals surface area (Å²) in [7, 11) is -3.66. The summed E-state index contributed by atoms with van der Waals surface area (Å²) in [6, 6.07) is 13.5. The van der Waals surface area contributed by atoms with Crippen molar-refractivity contribution < 1.29 is 18.3 Å². The predicted octanol–water partition coefficient (Wildman–Crippen LogP) is 2.99. The van der Waals surface area contributed by atoms with Crippen molar-refractivity contribution >= 4 is 21.6 Å². The van der Waals surface area contributed by atoms with E-state index in [1.807, 2.05) is 30.3 Å². The first-order chi connectivity index (χ1) is 12.4. The Labute approximate surface area is 154 Å². The topological polar surface area (TPSA) is 86.7 Å². The van der Waals surface area contributed by atoms with E-state index < -0.39 is 10.0 Å². The van der Waals surface area contributed by atoms with Crippen molar-refractivity contribution in [3.05, 3.63) is 54.1 Å². The number of aryl methyl sites for hydroxylation is 1. The van der Waals surface area contributed by atoms with Crippen molar-refractivity contribution in [1.29, 1.82) is 0 Å². The summed E-state index contributed by atoms with van der Waals surface area (Å²) in [5.74, 6) is -0.460. The zero-order valence-electron chi connectivity index (χ0n) is 15.0. The molecule has 1 amide bonds. The van der Waals surface area contributed by atoms with Crippen molar-refractivity contribution in [3.63, 3.8) is 0 Å². The van der Waals surface area contributed by atoms with E-state index in [9.17, 15) is 18.3 Å². The van der Waals surface area contributed by atoms with Gasteiger partial charge in [0.2, 0.25) is 15.9 Å². The predicted molar refractivity (Wildman–Crippen MR) is 102 cm³/mol. The quantitative estimate of drug-likeness (QED) is 0.694. The Hall–Kier alpha value is -2.38. The average Bonchev–Trinajstić information content (AvgIpc) is 2.63. The van der Waals surface area contributed by atoms with Crippen LogP contribution < -0.4 is 5.32 Å². The van der Waals surface area contributed by atoms with E-state index in [1.54, 1.807) is 13.8 Å². The number of nitrogens with zero attached hydrogens (tertiary/aromatic N) is 1. The molecule has 0 radical (unpaired) electrons. The SMILES string of the molecule is CCN(CC)S(=O)(=O)c1ccc(O)c(NC(=O)CCc2ccccc2)c1. The molecule has 0 aliphatic carbocycles. The maximum Gasteiger partial charge on any atom is 0.243 e. The zero-order chi connectivity index (χ0) is 19.2. The minimum atomic E-state index is -3.66. The molecule has 0 spiro atoms. The second-order valence-corrected chi connectivity index (χ2v) is 7.74. The summed E-state index contributed by atoms with van der Waals surface area (Å²) in [6.45, 7) is 4.21. The van der Waals surface area contributed by atoms with Gasteiger partial charge in [-0.05, 0) is 30.2 Å². The van der Waals surface area contributed by atoms with Crippen LogP contribution in [0.25, 0.3) is 0 Å². The standard InChI is InChI=1S/C19H24N2O4S/c1-3-21(4-2)26(24,25)16-11-12-18(22)17(14-16)20-19(23)13-10-15-8-6-5-7-9-15/h5-9,11-12,14,22H,3-4,10,13H2,1-2H3,(H,20,23). The maximum absolute atomic E-state index is 12.6. The fraction of sp³-hybridized carbons (Fsp3) is 0.316. The van der Waals surface area contributed by atoms with Gasteiger partial charge in [-0.3, -0.25) is 4.79 Å². The van der Waals surface area contributed by atoms with E-state index >= 15 is 0 Å². The molecule has 2 rings (SSSR count). The monoisotopic (exact) mass is 376 g/mol. The molecule has 6 nitrogen and oxygen atoms in total. The van der Waals surface area contributed by atoms with Gasteiger partial charge in [-0.15, -0.1) is 0 Å². The van der Waals surface area contributed by atoms with Gasteiger partial charge in [-0.25, -0.2) is 8.42 Å². The Kier molecular flexibility index (Phi) is 6.76. The lowest BCUT2D eigenvalue weighted by Crippen LogP contribution is -2.30. The Morgan fingerprint density at radius 3 is 2.35 bits per heavy atom. The molecule has 0 saturated carbocycles. The second kappa shape index (κ2) is 8.82.